The lowest BCUT2D eigenvalue weighted by Gasteiger charge is -2.30. The molecule has 0 saturated carbocycles. The number of fused-ring (bicyclic) bond motifs is 1. The van der Waals surface area contributed by atoms with Crippen LogP contribution in [0.5, 0.6) is 0 Å². The van der Waals surface area contributed by atoms with Gasteiger partial charge in [0, 0.05) is 18.3 Å². The van der Waals surface area contributed by atoms with Crippen LogP contribution in [-0.4, -0.2) is 43.6 Å². The lowest BCUT2D eigenvalue weighted by molar-refractivity contribution is -0.119. The Labute approximate surface area is 156 Å². The molecule has 1 unspecified atom stereocenters. The highest BCUT2D eigenvalue weighted by atomic mass is 32.1. The number of ketones is 1. The van der Waals surface area contributed by atoms with E-state index < -0.39 is 6.23 Å². The fraction of sp³-hybridized carbons (Fsp3) is 0.211. The topological polar surface area (TPSA) is 71.2 Å². The van der Waals surface area contributed by atoms with Gasteiger partial charge >= 0.3 is 0 Å². The van der Waals surface area contributed by atoms with Gasteiger partial charge in [-0.25, -0.2) is 4.68 Å². The number of hydrogen-bond acceptors (Lipinski definition) is 6. The first-order valence-corrected chi connectivity index (χ1v) is 8.87. The van der Waals surface area contributed by atoms with Gasteiger partial charge in [-0.3, -0.25) is 4.79 Å². The van der Waals surface area contributed by atoms with Crippen LogP contribution in [0.3, 0.4) is 0 Å². The van der Waals surface area contributed by atoms with Crippen molar-refractivity contribution in [1.82, 2.24) is 19.9 Å². The Morgan fingerprint density at radius 2 is 2.00 bits per heavy atom. The first-order chi connectivity index (χ1) is 12.6. The molecule has 1 aliphatic rings. The second kappa shape index (κ2) is 6.59. The summed E-state index contributed by atoms with van der Waals surface area (Å²) < 4.78 is 1.53. The Balaban J connectivity index is 1.93. The largest absolute Gasteiger partial charge is 0.373 e. The van der Waals surface area contributed by atoms with Crippen molar-refractivity contribution >= 4 is 34.9 Å². The Hall–Kier alpha value is -2.64. The van der Waals surface area contributed by atoms with E-state index in [9.17, 15) is 9.90 Å². The number of benzene rings is 2. The number of aromatic nitrogens is 3. The van der Waals surface area contributed by atoms with E-state index in [1.807, 2.05) is 49.4 Å². The average Bonchev–Trinajstić information content (AvgIpc) is 3.02. The summed E-state index contributed by atoms with van der Waals surface area (Å²) in [6, 6.07) is 14.0. The standard InChI is InChI=1S/C19H18N4O2S/c1-2-22-11-15(16(24)10-17(22)25)23-18(19(26)20-21-23)14-9-5-7-12-6-3-4-8-13(12)14/h3-9,11,17,25-26H,2,10H2,1H3. The minimum Gasteiger partial charge on any atom is -0.373 e. The fourth-order valence-electron chi connectivity index (χ4n) is 3.29. The van der Waals surface area contributed by atoms with Gasteiger partial charge in [0.25, 0.3) is 0 Å². The Bertz CT molecular complexity index is 1020. The highest BCUT2D eigenvalue weighted by Crippen LogP contribution is 2.34. The first-order valence-electron chi connectivity index (χ1n) is 8.42. The van der Waals surface area contributed by atoms with Crippen molar-refractivity contribution in [2.45, 2.75) is 24.6 Å². The van der Waals surface area contributed by atoms with Crippen LogP contribution in [-0.2, 0) is 4.79 Å². The molecule has 1 aromatic heterocycles. The number of rotatable bonds is 3. The number of carbonyl (C=O) groups is 1. The van der Waals surface area contributed by atoms with Gasteiger partial charge in [-0.05, 0) is 17.7 Å². The van der Waals surface area contributed by atoms with Crippen molar-refractivity contribution in [2.24, 2.45) is 0 Å². The second-order valence-electron chi connectivity index (χ2n) is 6.15. The molecule has 1 atom stereocenters. The number of thiol groups is 1. The van der Waals surface area contributed by atoms with Crippen molar-refractivity contribution in [3.05, 3.63) is 48.7 Å². The van der Waals surface area contributed by atoms with E-state index in [2.05, 4.69) is 22.9 Å². The summed E-state index contributed by atoms with van der Waals surface area (Å²) in [7, 11) is 0. The highest BCUT2D eigenvalue weighted by molar-refractivity contribution is 7.80. The third kappa shape index (κ3) is 2.69. The summed E-state index contributed by atoms with van der Waals surface area (Å²) in [5, 5.41) is 20.8. The normalized spacial score (nSPS) is 17.7. The molecule has 0 bridgehead atoms. The number of aliphatic hydroxyl groups is 1. The van der Waals surface area contributed by atoms with Gasteiger partial charge in [0.2, 0.25) is 0 Å². The van der Waals surface area contributed by atoms with Crippen molar-refractivity contribution < 1.29 is 9.90 Å². The molecule has 2 aromatic carbocycles. The van der Waals surface area contributed by atoms with Crippen molar-refractivity contribution in [2.75, 3.05) is 6.54 Å². The summed E-state index contributed by atoms with van der Waals surface area (Å²) in [6.07, 6.45) is 0.861. The van der Waals surface area contributed by atoms with Crippen LogP contribution in [0.2, 0.25) is 0 Å². The van der Waals surface area contributed by atoms with Crippen LogP contribution < -0.4 is 0 Å². The Morgan fingerprint density at radius 3 is 2.81 bits per heavy atom. The van der Waals surface area contributed by atoms with Gasteiger partial charge in [-0.1, -0.05) is 47.7 Å². The molecular formula is C19H18N4O2S. The molecule has 0 saturated heterocycles. The van der Waals surface area contributed by atoms with E-state index in [0.717, 1.165) is 16.3 Å². The monoisotopic (exact) mass is 366 g/mol. The number of nitrogens with zero attached hydrogens (tertiary/aromatic N) is 4. The number of hydrogen-bond donors (Lipinski definition) is 2. The molecule has 1 N–H and O–H groups in total. The van der Waals surface area contributed by atoms with E-state index >= 15 is 0 Å². The van der Waals surface area contributed by atoms with Gasteiger partial charge in [-0.2, -0.15) is 0 Å². The van der Waals surface area contributed by atoms with Crippen LogP contribution in [0, 0.1) is 0 Å². The van der Waals surface area contributed by atoms with Gasteiger partial charge in [0.15, 0.2) is 5.78 Å². The maximum Gasteiger partial charge on any atom is 0.187 e. The van der Waals surface area contributed by atoms with Crippen LogP contribution in [0.4, 0.5) is 0 Å². The Morgan fingerprint density at radius 1 is 1.23 bits per heavy atom. The number of aliphatic hydroxyl groups excluding tert-OH is 1. The third-order valence-corrected chi connectivity index (χ3v) is 4.92. The lowest BCUT2D eigenvalue weighted by Crippen LogP contribution is -2.38. The zero-order valence-electron chi connectivity index (χ0n) is 14.2. The fourth-order valence-corrected chi connectivity index (χ4v) is 3.54. The Kier molecular flexibility index (Phi) is 4.26. The molecule has 0 amide bonds. The minimum atomic E-state index is -0.809. The maximum absolute atomic E-state index is 12.6. The number of carbonyl (C=O) groups excluding carboxylic acids is 1. The smallest absolute Gasteiger partial charge is 0.187 e. The molecule has 7 heteroatoms. The summed E-state index contributed by atoms with van der Waals surface area (Å²) in [4.78, 5) is 14.3. The summed E-state index contributed by atoms with van der Waals surface area (Å²) in [5.41, 5.74) is 1.95. The van der Waals surface area contributed by atoms with Gasteiger partial charge in [0.1, 0.15) is 22.6 Å². The zero-order chi connectivity index (χ0) is 18.3. The summed E-state index contributed by atoms with van der Waals surface area (Å²) in [5.74, 6) is -0.179. The van der Waals surface area contributed by atoms with Crippen LogP contribution >= 0.6 is 12.6 Å². The molecule has 4 rings (SSSR count). The second-order valence-corrected chi connectivity index (χ2v) is 6.58. The third-order valence-electron chi connectivity index (χ3n) is 4.62. The number of Topliss-reactive ketones (excluding diaryl/α,β-unsaturated/α-hetero) is 1. The SMILES string of the molecule is CCN1C=C(n2nnc(S)c2-c2cccc3ccccc23)C(=O)CC1O. The van der Waals surface area contributed by atoms with Gasteiger partial charge < -0.3 is 10.0 Å². The molecule has 132 valence electrons. The molecule has 0 radical (unpaired) electrons. The van der Waals surface area contributed by atoms with Crippen molar-refractivity contribution in [1.29, 1.82) is 0 Å². The highest BCUT2D eigenvalue weighted by Gasteiger charge is 2.29. The van der Waals surface area contributed by atoms with Crippen LogP contribution in [0.25, 0.3) is 27.7 Å². The molecular weight excluding hydrogens is 348 g/mol. The minimum absolute atomic E-state index is 0.0242. The molecule has 6 nitrogen and oxygen atoms in total. The molecule has 3 aromatic rings. The molecule has 0 aliphatic carbocycles. The zero-order valence-corrected chi connectivity index (χ0v) is 15.1. The lowest BCUT2D eigenvalue weighted by atomic mass is 10.0. The van der Waals surface area contributed by atoms with Gasteiger partial charge in [0.05, 0.1) is 6.42 Å². The van der Waals surface area contributed by atoms with E-state index in [1.54, 1.807) is 11.1 Å². The van der Waals surface area contributed by atoms with Crippen LogP contribution in [0.15, 0.2) is 53.7 Å². The summed E-state index contributed by atoms with van der Waals surface area (Å²) in [6.45, 7) is 2.51. The first kappa shape index (κ1) is 16.8. The molecule has 0 fully saturated rings. The van der Waals surface area contributed by atoms with Crippen molar-refractivity contribution in [3.8, 4) is 11.3 Å². The van der Waals surface area contributed by atoms with Crippen LogP contribution in [0.1, 0.15) is 13.3 Å². The summed E-state index contributed by atoms with van der Waals surface area (Å²) >= 11 is 4.47. The molecule has 2 heterocycles. The quantitative estimate of drug-likeness (QED) is 0.698. The average molecular weight is 366 g/mol. The maximum atomic E-state index is 12.6. The van der Waals surface area contributed by atoms with Crippen molar-refractivity contribution in [3.63, 3.8) is 0 Å². The van der Waals surface area contributed by atoms with E-state index in [4.69, 9.17) is 0 Å². The van der Waals surface area contributed by atoms with E-state index in [0.29, 0.717) is 23.0 Å². The van der Waals surface area contributed by atoms with Gasteiger partial charge in [-0.15, -0.1) is 17.7 Å². The van der Waals surface area contributed by atoms with E-state index in [-0.39, 0.29) is 12.2 Å². The predicted octanol–water partition coefficient (Wildman–Crippen LogP) is 2.80. The predicted molar refractivity (Wildman–Crippen MR) is 102 cm³/mol. The molecule has 26 heavy (non-hydrogen) atoms. The molecule has 1 aliphatic heterocycles. The number of allylic oxidation sites excluding steroid dienone is 1. The van der Waals surface area contributed by atoms with E-state index in [1.165, 1.54) is 4.68 Å². The molecule has 0 spiro atoms.